The molecule has 2 rings (SSSR count). The van der Waals surface area contributed by atoms with Crippen LogP contribution in [0.25, 0.3) is 0 Å². The summed E-state index contributed by atoms with van der Waals surface area (Å²) < 4.78 is 40.8. The molecule has 2 nitrogen and oxygen atoms in total. The molecule has 6 heteroatoms. The quantitative estimate of drug-likeness (QED) is 0.673. The molecule has 1 aromatic heterocycles. The van der Waals surface area contributed by atoms with E-state index < -0.39 is 29.1 Å². The predicted octanol–water partition coefficient (Wildman–Crippen LogP) is 3.65. The van der Waals surface area contributed by atoms with Gasteiger partial charge in [-0.25, -0.2) is 18.2 Å². The Hall–Kier alpha value is -1.40. The first kappa shape index (κ1) is 14.0. The highest BCUT2D eigenvalue weighted by Gasteiger charge is 2.24. The van der Waals surface area contributed by atoms with Crippen molar-refractivity contribution >= 4 is 15.9 Å². The molecule has 0 spiro atoms. The number of aryl methyl sites for hydroxylation is 1. The highest BCUT2D eigenvalue weighted by Crippen LogP contribution is 2.30. The third-order valence-corrected chi connectivity index (χ3v) is 3.20. The second-order valence-electron chi connectivity index (χ2n) is 4.02. The molecule has 0 saturated carbocycles. The molecule has 0 aliphatic heterocycles. The van der Waals surface area contributed by atoms with Crippen LogP contribution in [0.15, 0.2) is 29.0 Å². The summed E-state index contributed by atoms with van der Waals surface area (Å²) in [6.45, 7) is 1.65. The number of benzene rings is 1. The van der Waals surface area contributed by atoms with E-state index in [-0.39, 0.29) is 5.56 Å². The Morgan fingerprint density at radius 3 is 2.47 bits per heavy atom. The number of halogens is 4. The van der Waals surface area contributed by atoms with Gasteiger partial charge in [0.25, 0.3) is 0 Å². The maximum absolute atomic E-state index is 13.6. The summed E-state index contributed by atoms with van der Waals surface area (Å²) >= 11 is 3.14. The van der Waals surface area contributed by atoms with Gasteiger partial charge in [0, 0.05) is 11.8 Å². The maximum atomic E-state index is 13.6. The van der Waals surface area contributed by atoms with E-state index in [1.807, 2.05) is 0 Å². The molecule has 0 amide bonds. The fraction of sp³-hybridized carbons (Fsp3) is 0.154. The molecule has 19 heavy (non-hydrogen) atoms. The first-order chi connectivity index (χ1) is 8.91. The summed E-state index contributed by atoms with van der Waals surface area (Å²) in [5, 5.41) is 10.0. The smallest absolute Gasteiger partial charge is 0.167 e. The van der Waals surface area contributed by atoms with E-state index in [9.17, 15) is 18.3 Å². The van der Waals surface area contributed by atoms with Crippen molar-refractivity contribution in [2.75, 3.05) is 0 Å². The van der Waals surface area contributed by atoms with E-state index in [1.165, 1.54) is 6.20 Å². The van der Waals surface area contributed by atoms with Crippen molar-refractivity contribution in [3.05, 3.63) is 63.1 Å². The third kappa shape index (κ3) is 2.64. The van der Waals surface area contributed by atoms with Crippen molar-refractivity contribution in [3.8, 4) is 0 Å². The van der Waals surface area contributed by atoms with Crippen LogP contribution in [0, 0.1) is 24.4 Å². The zero-order valence-electron chi connectivity index (χ0n) is 9.79. The van der Waals surface area contributed by atoms with Crippen LogP contribution in [0.3, 0.4) is 0 Å². The van der Waals surface area contributed by atoms with Crippen LogP contribution in [0.5, 0.6) is 0 Å². The molecule has 1 unspecified atom stereocenters. The van der Waals surface area contributed by atoms with Crippen LogP contribution < -0.4 is 0 Å². The zero-order chi connectivity index (χ0) is 14.2. The Morgan fingerprint density at radius 1 is 1.21 bits per heavy atom. The standard InChI is InChI=1S/C13H9BrF3NO/c1-6-4-10(14)18-5-7(6)13(19)11-8(15)2-3-9(16)12(11)17/h2-5,13,19H,1H3. The summed E-state index contributed by atoms with van der Waals surface area (Å²) in [5.41, 5.74) is 0.0799. The lowest BCUT2D eigenvalue weighted by Gasteiger charge is -2.15. The number of hydrogen-bond donors (Lipinski definition) is 1. The highest BCUT2D eigenvalue weighted by molar-refractivity contribution is 9.10. The average Bonchev–Trinajstić information content (AvgIpc) is 2.34. The number of rotatable bonds is 2. The van der Waals surface area contributed by atoms with Crippen molar-refractivity contribution in [1.82, 2.24) is 4.98 Å². The molecule has 0 fully saturated rings. The van der Waals surface area contributed by atoms with Crippen molar-refractivity contribution in [2.45, 2.75) is 13.0 Å². The lowest BCUT2D eigenvalue weighted by atomic mass is 9.98. The van der Waals surface area contributed by atoms with E-state index in [4.69, 9.17) is 0 Å². The van der Waals surface area contributed by atoms with Gasteiger partial charge in [-0.1, -0.05) is 0 Å². The van der Waals surface area contributed by atoms with Gasteiger partial charge in [-0.05, 0) is 46.6 Å². The van der Waals surface area contributed by atoms with Crippen molar-refractivity contribution in [1.29, 1.82) is 0 Å². The summed E-state index contributed by atoms with van der Waals surface area (Å²) in [7, 11) is 0. The molecule has 0 radical (unpaired) electrons. The second-order valence-corrected chi connectivity index (χ2v) is 4.84. The largest absolute Gasteiger partial charge is 0.383 e. The first-order valence-electron chi connectivity index (χ1n) is 5.35. The molecule has 1 aromatic carbocycles. The fourth-order valence-electron chi connectivity index (χ4n) is 1.77. The molecule has 1 atom stereocenters. The molecule has 0 aliphatic carbocycles. The molecular formula is C13H9BrF3NO. The van der Waals surface area contributed by atoms with E-state index in [1.54, 1.807) is 13.0 Å². The van der Waals surface area contributed by atoms with E-state index in [2.05, 4.69) is 20.9 Å². The van der Waals surface area contributed by atoms with Gasteiger partial charge in [0.2, 0.25) is 0 Å². The molecular weight excluding hydrogens is 323 g/mol. The van der Waals surface area contributed by atoms with Crippen LogP contribution in [0.4, 0.5) is 13.2 Å². The van der Waals surface area contributed by atoms with Gasteiger partial charge in [0.15, 0.2) is 11.6 Å². The van der Waals surface area contributed by atoms with E-state index in [0.29, 0.717) is 16.2 Å². The second kappa shape index (κ2) is 5.30. The molecule has 2 aromatic rings. The number of aliphatic hydroxyl groups is 1. The Balaban J connectivity index is 2.56. The normalized spacial score (nSPS) is 12.5. The highest BCUT2D eigenvalue weighted by atomic mass is 79.9. The lowest BCUT2D eigenvalue weighted by molar-refractivity contribution is 0.206. The van der Waals surface area contributed by atoms with Crippen LogP contribution in [0.1, 0.15) is 22.8 Å². The van der Waals surface area contributed by atoms with Crippen LogP contribution in [-0.2, 0) is 0 Å². The van der Waals surface area contributed by atoms with Gasteiger partial charge in [0.1, 0.15) is 16.5 Å². The summed E-state index contributed by atoms with van der Waals surface area (Å²) in [5.74, 6) is -3.61. The lowest BCUT2D eigenvalue weighted by Crippen LogP contribution is -2.09. The van der Waals surface area contributed by atoms with Crippen LogP contribution in [0.2, 0.25) is 0 Å². The van der Waals surface area contributed by atoms with Gasteiger partial charge in [-0.15, -0.1) is 0 Å². The van der Waals surface area contributed by atoms with Gasteiger partial charge in [-0.3, -0.25) is 0 Å². The number of pyridine rings is 1. The third-order valence-electron chi connectivity index (χ3n) is 2.77. The van der Waals surface area contributed by atoms with Gasteiger partial charge >= 0.3 is 0 Å². The SMILES string of the molecule is Cc1cc(Br)ncc1C(O)c1c(F)ccc(F)c1F. The van der Waals surface area contributed by atoms with Crippen LogP contribution >= 0.6 is 15.9 Å². The van der Waals surface area contributed by atoms with Gasteiger partial charge in [0.05, 0.1) is 5.56 Å². The minimum absolute atomic E-state index is 0.214. The van der Waals surface area contributed by atoms with E-state index in [0.717, 1.165) is 6.07 Å². The first-order valence-corrected chi connectivity index (χ1v) is 6.14. The molecule has 1 N–H and O–H groups in total. The van der Waals surface area contributed by atoms with Gasteiger partial charge in [-0.2, -0.15) is 0 Å². The Kier molecular flexibility index (Phi) is 3.91. The topological polar surface area (TPSA) is 33.1 Å². The van der Waals surface area contributed by atoms with Crippen molar-refractivity contribution < 1.29 is 18.3 Å². The molecule has 100 valence electrons. The fourth-order valence-corrected chi connectivity index (χ4v) is 2.21. The van der Waals surface area contributed by atoms with Gasteiger partial charge < -0.3 is 5.11 Å². The summed E-state index contributed by atoms with van der Waals surface area (Å²) in [6.07, 6.45) is -0.329. The number of aliphatic hydroxyl groups excluding tert-OH is 1. The minimum atomic E-state index is -1.61. The predicted molar refractivity (Wildman–Crippen MR) is 67.1 cm³/mol. The minimum Gasteiger partial charge on any atom is -0.383 e. The summed E-state index contributed by atoms with van der Waals surface area (Å²) in [4.78, 5) is 3.89. The van der Waals surface area contributed by atoms with E-state index >= 15 is 0 Å². The Morgan fingerprint density at radius 2 is 1.84 bits per heavy atom. The number of aromatic nitrogens is 1. The van der Waals surface area contributed by atoms with Crippen molar-refractivity contribution in [3.63, 3.8) is 0 Å². The molecule has 0 aliphatic rings. The molecule has 0 bridgehead atoms. The molecule has 1 heterocycles. The molecule has 0 saturated heterocycles. The number of nitrogens with zero attached hydrogens (tertiary/aromatic N) is 1. The maximum Gasteiger partial charge on any atom is 0.167 e. The van der Waals surface area contributed by atoms with Crippen LogP contribution in [-0.4, -0.2) is 10.1 Å². The van der Waals surface area contributed by atoms with Crippen molar-refractivity contribution in [2.24, 2.45) is 0 Å². The zero-order valence-corrected chi connectivity index (χ0v) is 11.4. The Labute approximate surface area is 116 Å². The Bertz CT molecular complexity index is 634. The monoisotopic (exact) mass is 331 g/mol. The average molecular weight is 332 g/mol. The number of hydrogen-bond acceptors (Lipinski definition) is 2. The summed E-state index contributed by atoms with van der Waals surface area (Å²) in [6, 6.07) is 3.04.